The van der Waals surface area contributed by atoms with Crippen LogP contribution in [0.25, 0.3) is 66.5 Å². The van der Waals surface area contributed by atoms with Crippen LogP contribution < -0.4 is 70.1 Å². The smallest absolute Gasteiger partial charge is 0.481 e. The van der Waals surface area contributed by atoms with Crippen molar-refractivity contribution >= 4 is 54.4 Å². The molecule has 0 aliphatic rings. The van der Waals surface area contributed by atoms with Crippen molar-refractivity contribution in [2.24, 2.45) is 0 Å². The Morgan fingerprint density at radius 3 is 1.26 bits per heavy atom. The van der Waals surface area contributed by atoms with Gasteiger partial charge in [-0.15, -0.1) is 0 Å². The zero-order chi connectivity index (χ0) is 85.8. The number of aromatic nitrogens is 15. The van der Waals surface area contributed by atoms with E-state index in [9.17, 15) is 45.6 Å². The third-order valence-corrected chi connectivity index (χ3v) is 18.3. The van der Waals surface area contributed by atoms with Crippen molar-refractivity contribution in [3.05, 3.63) is 200 Å². The van der Waals surface area contributed by atoms with Gasteiger partial charge in [0.1, 0.15) is 5.15 Å². The van der Waals surface area contributed by atoms with Crippen molar-refractivity contribution in [1.82, 2.24) is 74.3 Å². The molecule has 36 heteroatoms. The minimum absolute atomic E-state index is 0.00128. The number of H-pyrrole nitrogens is 4. The number of fused-ring (bicyclic) bond motifs is 3. The van der Waals surface area contributed by atoms with Gasteiger partial charge < -0.3 is 47.1 Å². The number of alkyl halides is 3. The molecule has 3 aromatic carbocycles. The predicted octanol–water partition coefficient (Wildman–Crippen LogP) is 14.2. The summed E-state index contributed by atoms with van der Waals surface area (Å²) < 4.78 is 105. The van der Waals surface area contributed by atoms with Crippen LogP contribution in [-0.2, 0) is 16.7 Å². The second-order valence-electron chi connectivity index (χ2n) is 27.0. The molecule has 4 N–H and O–H groups in total. The van der Waals surface area contributed by atoms with Crippen molar-refractivity contribution in [3.63, 3.8) is 0 Å². The molecule has 0 spiro atoms. The fourth-order valence-electron chi connectivity index (χ4n) is 11.7. The number of methoxy groups -OCH3 is 8. The summed E-state index contributed by atoms with van der Waals surface area (Å²) in [6.07, 6.45) is 5.24. The van der Waals surface area contributed by atoms with Gasteiger partial charge >= 0.3 is 45.0 Å². The van der Waals surface area contributed by atoms with E-state index in [2.05, 4.69) is 98.6 Å². The molecule has 0 bridgehead atoms. The topological polar surface area (TPSA) is 400 Å². The molecular formula is C80H93ClF3N15O16S. The average Bonchev–Trinajstić information content (AvgIpc) is 0.778. The van der Waals surface area contributed by atoms with E-state index in [-0.39, 0.29) is 87.4 Å². The number of nitrogens with zero attached hydrogens (tertiary/aromatic N) is 11. The Bertz CT molecular complexity index is 5860. The van der Waals surface area contributed by atoms with Crippen molar-refractivity contribution in [2.45, 2.75) is 138 Å². The Morgan fingerprint density at radius 2 is 0.810 bits per heavy atom. The van der Waals surface area contributed by atoms with Crippen LogP contribution in [0.2, 0.25) is 5.15 Å². The number of hydrogen-bond acceptors (Lipinski definition) is 26. The first-order valence-corrected chi connectivity index (χ1v) is 37.9. The summed E-state index contributed by atoms with van der Waals surface area (Å²) >= 11 is 5.98. The van der Waals surface area contributed by atoms with Gasteiger partial charge in [0.15, 0.2) is 0 Å². The molecule has 0 saturated carbocycles. The Labute approximate surface area is 671 Å². The maximum atomic E-state index is 12.4. The Balaban J connectivity index is 0.000000194. The number of halogens is 4. The summed E-state index contributed by atoms with van der Waals surface area (Å²) in [6, 6.07) is 29.8. The van der Waals surface area contributed by atoms with Crippen molar-refractivity contribution in [1.29, 1.82) is 0 Å². The molecule has 618 valence electrons. The van der Waals surface area contributed by atoms with Crippen LogP contribution in [0.5, 0.6) is 53.4 Å². The average molecular weight is 1650 g/mol. The summed E-state index contributed by atoms with van der Waals surface area (Å²) in [5.74, 6) is 0.422. The second-order valence-corrected chi connectivity index (χ2v) is 28.9. The number of para-hydroxylation sites is 3. The fourth-order valence-corrected chi connectivity index (χ4v) is 12.5. The van der Waals surface area contributed by atoms with Gasteiger partial charge in [-0.05, 0) is 78.8 Å². The van der Waals surface area contributed by atoms with E-state index < -0.39 is 33.1 Å². The van der Waals surface area contributed by atoms with Crippen molar-refractivity contribution in [2.75, 3.05) is 56.9 Å². The number of rotatable bonds is 20. The largest absolute Gasteiger partial charge is 0.534 e. The summed E-state index contributed by atoms with van der Waals surface area (Å²) in [7, 11) is 5.62. The highest BCUT2D eigenvalue weighted by Crippen LogP contribution is 2.39. The van der Waals surface area contributed by atoms with Crippen LogP contribution in [0.1, 0.15) is 159 Å². The maximum Gasteiger partial charge on any atom is 0.534 e. The lowest BCUT2D eigenvalue weighted by Gasteiger charge is -2.17. The number of pyridine rings is 3. The molecule has 0 aliphatic heterocycles. The lowest BCUT2D eigenvalue weighted by atomic mass is 9.98. The van der Waals surface area contributed by atoms with Crippen LogP contribution >= 0.6 is 11.6 Å². The third kappa shape index (κ3) is 22.1. The van der Waals surface area contributed by atoms with Gasteiger partial charge in [-0.2, -0.15) is 56.5 Å². The highest BCUT2D eigenvalue weighted by atomic mass is 35.5. The van der Waals surface area contributed by atoms with E-state index in [0.717, 1.165) is 73.3 Å². The van der Waals surface area contributed by atoms with Gasteiger partial charge in [-0.1, -0.05) is 149 Å². The predicted molar refractivity (Wildman–Crippen MR) is 435 cm³/mol. The molecule has 31 nitrogen and oxygen atoms in total. The summed E-state index contributed by atoms with van der Waals surface area (Å²) in [5, 5.41) is 3.39. The SMILES string of the molecule is CC(C)c1c(-c2cnc3ccccc3c2)[nH]c(=O)[nH]c1=O.CCn1c(-c2cnc3ccccc3c2)c(C(C)C)c(=O)[nH]c1=O.COc1nc(Cl)c(C(C)C)c(OC)n1.COc1nc(OC)c(C(C)C)c(-c2cnc3ccccc3c2)n1.COc1nc(OC)c(C(C)C)c(=O)[nH]1.COc1nc(OC)c(C(C)C)c(OS(=O)(=O)C(F)(F)F)n1. The van der Waals surface area contributed by atoms with E-state index in [0.29, 0.717) is 57.4 Å². The number of benzene rings is 3. The monoisotopic (exact) mass is 1640 g/mol. The molecule has 0 atom stereocenters. The first kappa shape index (κ1) is 90.8. The van der Waals surface area contributed by atoms with Crippen LogP contribution in [0.15, 0.2) is 134 Å². The number of ether oxygens (including phenoxy) is 8. The number of nitrogens with one attached hydrogen (secondary N) is 4. The number of aromatic amines is 4. The minimum Gasteiger partial charge on any atom is -0.481 e. The summed E-state index contributed by atoms with van der Waals surface area (Å²) in [6.45, 7) is 25.3. The van der Waals surface area contributed by atoms with Crippen molar-refractivity contribution in [3.8, 4) is 87.2 Å². The highest BCUT2D eigenvalue weighted by Gasteiger charge is 2.49. The van der Waals surface area contributed by atoms with E-state index in [1.807, 2.05) is 153 Å². The maximum absolute atomic E-state index is 12.4. The first-order chi connectivity index (χ1) is 54.9. The zero-order valence-electron chi connectivity index (χ0n) is 67.9. The van der Waals surface area contributed by atoms with E-state index >= 15 is 0 Å². The second kappa shape index (κ2) is 40.6. The van der Waals surface area contributed by atoms with E-state index in [4.69, 9.17) is 44.8 Å². The molecule has 0 radical (unpaired) electrons. The van der Waals surface area contributed by atoms with Gasteiger partial charge in [0, 0.05) is 74.7 Å². The van der Waals surface area contributed by atoms with Crippen molar-refractivity contribution < 1.29 is 63.7 Å². The highest BCUT2D eigenvalue weighted by molar-refractivity contribution is 7.88. The Hall–Kier alpha value is -12.4. The van der Waals surface area contributed by atoms with E-state index in [1.165, 1.54) is 28.4 Å². The minimum atomic E-state index is -5.86. The Morgan fingerprint density at radius 1 is 0.422 bits per heavy atom. The normalized spacial score (nSPS) is 11.2. The quantitative estimate of drug-likeness (QED) is 0.0313. The van der Waals surface area contributed by atoms with Gasteiger partial charge in [0.25, 0.3) is 22.7 Å². The van der Waals surface area contributed by atoms with Crippen LogP contribution in [0, 0.1) is 0 Å². The zero-order valence-corrected chi connectivity index (χ0v) is 69.5. The Kier molecular flexibility index (Phi) is 31.7. The van der Waals surface area contributed by atoms with Crippen LogP contribution in [0.3, 0.4) is 0 Å². The van der Waals surface area contributed by atoms with Crippen LogP contribution in [0.4, 0.5) is 13.2 Å². The lowest BCUT2D eigenvalue weighted by molar-refractivity contribution is -0.0502. The molecule has 0 aliphatic carbocycles. The summed E-state index contributed by atoms with van der Waals surface area (Å²) in [4.78, 5) is 111. The lowest BCUT2D eigenvalue weighted by Crippen LogP contribution is -2.34. The molecular weight excluding hydrogens is 1550 g/mol. The standard InChI is InChI=1S/2C18H19N3O2.C16H15N3O2.C10H13F3N2O5S.C9H13ClN2O2.C9H14N2O3/c1-11(2)15-16(20-18(23-4)21-17(15)22-3)13-9-12-7-5-6-8-14(12)19-10-13;1-4-21-16(15(11(2)3)17(22)20-18(21)23)13-9-12-7-5-6-8-14(12)19-10-13;1-9(2)13-14(18-16(21)19-15(13)20)11-7-10-5-3-4-6-12(10)17-8-11;1-5(2)6-7(18-3)14-9(19-4)15-8(6)20-21(16,17)10(11,12)13;1-5(2)6-7(10)11-9(14-4)12-8(6)13-3;1-5(2)6-7(12)10-9(14-4)11-8(6)13-3/h5-11H,1-4H3;5-11H,4H2,1-3H3,(H,20,22,23);3-9H,1-2H3,(H2,18,19,20,21);5H,1-4H3;5H,1-4H3;5H,1-4H3,(H,10,11,12). The first-order valence-electron chi connectivity index (χ1n) is 36.1. The molecule has 0 saturated heterocycles. The molecule has 9 aromatic heterocycles. The molecule has 12 rings (SSSR count). The molecule has 9 heterocycles. The van der Waals surface area contributed by atoms with E-state index in [1.54, 1.807) is 52.1 Å². The van der Waals surface area contributed by atoms with Crippen LogP contribution in [-0.4, -0.2) is 145 Å². The fraction of sp³-hybridized carbons (Fsp3) is 0.362. The molecule has 12 aromatic rings. The molecule has 116 heavy (non-hydrogen) atoms. The molecule has 0 fully saturated rings. The summed E-state index contributed by atoms with van der Waals surface area (Å²) in [5.41, 5.74) is 3.24. The van der Waals surface area contributed by atoms with Gasteiger partial charge in [0.2, 0.25) is 29.4 Å². The molecule has 0 unspecified atom stereocenters. The van der Waals surface area contributed by atoms with Gasteiger partial charge in [0.05, 0.1) is 107 Å². The molecule has 0 amide bonds. The van der Waals surface area contributed by atoms with Gasteiger partial charge in [-0.3, -0.25) is 48.9 Å². The number of hydrogen-bond donors (Lipinski definition) is 4. The third-order valence-electron chi connectivity index (χ3n) is 17.1. The van der Waals surface area contributed by atoms with Gasteiger partial charge in [-0.25, -0.2) is 9.59 Å².